The van der Waals surface area contributed by atoms with Gasteiger partial charge >= 0.3 is 6.03 Å². The molecule has 0 bridgehead atoms. The highest BCUT2D eigenvalue weighted by molar-refractivity contribution is 5.86. The van der Waals surface area contributed by atoms with E-state index in [1.54, 1.807) is 39.5 Å². The smallest absolute Gasteiger partial charge is 0.317 e. The first-order valence-electron chi connectivity index (χ1n) is 5.65. The van der Waals surface area contributed by atoms with Gasteiger partial charge in [0.15, 0.2) is 0 Å². The number of hydrogen-bond acceptors (Lipinski definition) is 3. The molecule has 6 nitrogen and oxygen atoms in total. The van der Waals surface area contributed by atoms with E-state index >= 15 is 0 Å². The van der Waals surface area contributed by atoms with Gasteiger partial charge in [0.05, 0.1) is 0 Å². The summed E-state index contributed by atoms with van der Waals surface area (Å²) in [6, 6.07) is 2.81. The average molecular weight is 250 g/mol. The van der Waals surface area contributed by atoms with Crippen LogP contribution in [0.25, 0.3) is 0 Å². The number of nitrogens with one attached hydrogen (secondary N) is 2. The van der Waals surface area contributed by atoms with Gasteiger partial charge in [0.1, 0.15) is 6.04 Å². The molecule has 0 radical (unpaired) electrons. The lowest BCUT2D eigenvalue weighted by atomic mass is 10.2. The first kappa shape index (κ1) is 14.0. The SMILES string of the molecule is C[C@H](NC(=O)N(C)C)C(=O)NCc1cccnc1. The fourth-order valence-electron chi connectivity index (χ4n) is 1.22. The maximum atomic E-state index is 11.7. The van der Waals surface area contributed by atoms with E-state index < -0.39 is 6.04 Å². The van der Waals surface area contributed by atoms with Crippen LogP contribution >= 0.6 is 0 Å². The van der Waals surface area contributed by atoms with Gasteiger partial charge in [0.2, 0.25) is 5.91 Å². The maximum Gasteiger partial charge on any atom is 0.317 e. The molecule has 0 aliphatic heterocycles. The summed E-state index contributed by atoms with van der Waals surface area (Å²) in [5.74, 6) is -0.228. The zero-order chi connectivity index (χ0) is 13.5. The van der Waals surface area contributed by atoms with E-state index in [-0.39, 0.29) is 11.9 Å². The van der Waals surface area contributed by atoms with Crippen molar-refractivity contribution in [2.75, 3.05) is 14.1 Å². The van der Waals surface area contributed by atoms with Crippen LogP contribution in [-0.4, -0.2) is 42.0 Å². The zero-order valence-corrected chi connectivity index (χ0v) is 10.8. The minimum absolute atomic E-state index is 0.228. The van der Waals surface area contributed by atoms with Crippen molar-refractivity contribution in [3.8, 4) is 0 Å². The van der Waals surface area contributed by atoms with E-state index in [4.69, 9.17) is 0 Å². The highest BCUT2D eigenvalue weighted by Crippen LogP contribution is 1.95. The van der Waals surface area contributed by atoms with Crippen LogP contribution in [0.15, 0.2) is 24.5 Å². The quantitative estimate of drug-likeness (QED) is 0.810. The van der Waals surface area contributed by atoms with Gasteiger partial charge in [-0.1, -0.05) is 6.07 Å². The summed E-state index contributed by atoms with van der Waals surface area (Å²) in [6.07, 6.45) is 3.36. The second-order valence-corrected chi connectivity index (χ2v) is 4.14. The summed E-state index contributed by atoms with van der Waals surface area (Å²) < 4.78 is 0. The second-order valence-electron chi connectivity index (χ2n) is 4.14. The molecule has 0 aliphatic carbocycles. The third-order valence-electron chi connectivity index (χ3n) is 2.33. The van der Waals surface area contributed by atoms with Crippen LogP contribution in [0.3, 0.4) is 0 Å². The molecule has 6 heteroatoms. The Morgan fingerprint density at radius 3 is 2.72 bits per heavy atom. The molecule has 0 aromatic carbocycles. The van der Waals surface area contributed by atoms with Crippen molar-refractivity contribution in [1.82, 2.24) is 20.5 Å². The van der Waals surface area contributed by atoms with E-state index in [1.165, 1.54) is 4.90 Å². The monoisotopic (exact) mass is 250 g/mol. The number of pyridine rings is 1. The minimum Gasteiger partial charge on any atom is -0.350 e. The van der Waals surface area contributed by atoms with Crippen LogP contribution in [-0.2, 0) is 11.3 Å². The topological polar surface area (TPSA) is 74.3 Å². The van der Waals surface area contributed by atoms with E-state index in [1.807, 2.05) is 6.07 Å². The maximum absolute atomic E-state index is 11.7. The number of urea groups is 1. The number of carbonyl (C=O) groups is 2. The Kier molecular flexibility index (Phi) is 5.10. The van der Waals surface area contributed by atoms with Gasteiger partial charge in [-0.05, 0) is 18.6 Å². The first-order chi connectivity index (χ1) is 8.50. The molecule has 0 aliphatic rings. The van der Waals surface area contributed by atoms with Gasteiger partial charge in [0, 0.05) is 33.0 Å². The molecular weight excluding hydrogens is 232 g/mol. The third-order valence-corrected chi connectivity index (χ3v) is 2.33. The van der Waals surface area contributed by atoms with Crippen LogP contribution in [0.1, 0.15) is 12.5 Å². The molecule has 0 spiro atoms. The van der Waals surface area contributed by atoms with Crippen molar-refractivity contribution < 1.29 is 9.59 Å². The molecular formula is C12H18N4O2. The molecule has 1 rings (SSSR count). The van der Waals surface area contributed by atoms with Crippen molar-refractivity contribution in [2.24, 2.45) is 0 Å². The molecule has 98 valence electrons. The van der Waals surface area contributed by atoms with Crippen LogP contribution < -0.4 is 10.6 Å². The minimum atomic E-state index is -0.573. The molecule has 1 aromatic heterocycles. The van der Waals surface area contributed by atoms with Crippen molar-refractivity contribution >= 4 is 11.9 Å². The van der Waals surface area contributed by atoms with Gasteiger partial charge in [-0.2, -0.15) is 0 Å². The van der Waals surface area contributed by atoms with E-state index in [2.05, 4.69) is 15.6 Å². The molecule has 1 heterocycles. The summed E-state index contributed by atoms with van der Waals surface area (Å²) in [5.41, 5.74) is 0.914. The summed E-state index contributed by atoms with van der Waals surface area (Å²) in [5, 5.41) is 5.31. The lowest BCUT2D eigenvalue weighted by Crippen LogP contribution is -2.47. The zero-order valence-electron chi connectivity index (χ0n) is 10.8. The van der Waals surface area contributed by atoms with Gasteiger partial charge < -0.3 is 15.5 Å². The van der Waals surface area contributed by atoms with Gasteiger partial charge in [-0.3, -0.25) is 9.78 Å². The molecule has 3 amide bonds. The van der Waals surface area contributed by atoms with Crippen LogP contribution in [0.2, 0.25) is 0 Å². The van der Waals surface area contributed by atoms with E-state index in [0.717, 1.165) is 5.56 Å². The highest BCUT2D eigenvalue weighted by Gasteiger charge is 2.15. The summed E-state index contributed by atoms with van der Waals surface area (Å²) >= 11 is 0. The number of aromatic nitrogens is 1. The number of nitrogens with zero attached hydrogens (tertiary/aromatic N) is 2. The van der Waals surface area contributed by atoms with Gasteiger partial charge in [-0.15, -0.1) is 0 Å². The average Bonchev–Trinajstić information content (AvgIpc) is 2.36. The van der Waals surface area contributed by atoms with E-state index in [0.29, 0.717) is 6.54 Å². The second kappa shape index (κ2) is 6.58. The summed E-state index contributed by atoms with van der Waals surface area (Å²) in [6.45, 7) is 2.04. The Morgan fingerprint density at radius 2 is 2.17 bits per heavy atom. The molecule has 0 fully saturated rings. The van der Waals surface area contributed by atoms with Crippen LogP contribution in [0, 0.1) is 0 Å². The Balaban J connectivity index is 2.39. The Morgan fingerprint density at radius 1 is 1.44 bits per heavy atom. The first-order valence-corrected chi connectivity index (χ1v) is 5.65. The van der Waals surface area contributed by atoms with Crippen molar-refractivity contribution in [3.05, 3.63) is 30.1 Å². The number of carbonyl (C=O) groups excluding carboxylic acids is 2. The number of hydrogen-bond donors (Lipinski definition) is 2. The van der Waals surface area contributed by atoms with Crippen molar-refractivity contribution in [3.63, 3.8) is 0 Å². The molecule has 1 aromatic rings. The fourth-order valence-corrected chi connectivity index (χ4v) is 1.22. The molecule has 0 unspecified atom stereocenters. The van der Waals surface area contributed by atoms with Crippen molar-refractivity contribution in [1.29, 1.82) is 0 Å². The Hall–Kier alpha value is -2.11. The predicted molar refractivity (Wildman–Crippen MR) is 67.8 cm³/mol. The Labute approximate surface area is 106 Å². The number of rotatable bonds is 4. The van der Waals surface area contributed by atoms with Crippen molar-refractivity contribution in [2.45, 2.75) is 19.5 Å². The largest absolute Gasteiger partial charge is 0.350 e. The fraction of sp³-hybridized carbons (Fsp3) is 0.417. The van der Waals surface area contributed by atoms with Gasteiger partial charge in [0.25, 0.3) is 0 Å². The van der Waals surface area contributed by atoms with Gasteiger partial charge in [-0.25, -0.2) is 4.79 Å². The Bertz CT molecular complexity index is 406. The van der Waals surface area contributed by atoms with Crippen LogP contribution in [0.4, 0.5) is 4.79 Å². The van der Waals surface area contributed by atoms with Crippen LogP contribution in [0.5, 0.6) is 0 Å². The van der Waals surface area contributed by atoms with E-state index in [9.17, 15) is 9.59 Å². The molecule has 2 N–H and O–H groups in total. The highest BCUT2D eigenvalue weighted by atomic mass is 16.2. The molecule has 0 saturated carbocycles. The normalized spacial score (nSPS) is 11.5. The number of amides is 3. The lowest BCUT2D eigenvalue weighted by molar-refractivity contribution is -0.122. The molecule has 1 atom stereocenters. The predicted octanol–water partition coefficient (Wildman–Crippen LogP) is 0.358. The lowest BCUT2D eigenvalue weighted by Gasteiger charge is -2.17. The third kappa shape index (κ3) is 4.40. The molecule has 0 saturated heterocycles. The summed E-state index contributed by atoms with van der Waals surface area (Å²) in [7, 11) is 3.24. The molecule has 18 heavy (non-hydrogen) atoms. The standard InChI is InChI=1S/C12H18N4O2/c1-9(15-12(18)16(2)3)11(17)14-8-10-5-4-6-13-7-10/h4-7,9H,8H2,1-3H3,(H,14,17)(H,15,18)/t9-/m0/s1. The summed E-state index contributed by atoms with van der Waals surface area (Å²) in [4.78, 5) is 28.4.